The van der Waals surface area contributed by atoms with Crippen LogP contribution in [0.15, 0.2) is 18.2 Å². The van der Waals surface area contributed by atoms with E-state index in [1.165, 1.54) is 11.4 Å². The Kier molecular flexibility index (Phi) is 15.8. The fourth-order valence-electron chi connectivity index (χ4n) is 2.90. The monoisotopic (exact) mass is 419 g/mol. The summed E-state index contributed by atoms with van der Waals surface area (Å²) in [6.45, 7) is 10.9. The van der Waals surface area contributed by atoms with Gasteiger partial charge < -0.3 is 10.6 Å². The van der Waals surface area contributed by atoms with Crippen LogP contribution in [0.1, 0.15) is 11.4 Å². The average molecular weight is 421 g/mol. The van der Waals surface area contributed by atoms with Crippen molar-refractivity contribution in [1.29, 1.82) is 0 Å². The number of halogens is 4. The van der Waals surface area contributed by atoms with Crippen LogP contribution in [0, 0.1) is 0 Å². The number of piperazine rings is 2. The fourth-order valence-corrected chi connectivity index (χ4v) is 2.90. The van der Waals surface area contributed by atoms with Crippen molar-refractivity contribution >= 4 is 49.6 Å². The smallest absolute Gasteiger partial charge is 0.0547 e. The third kappa shape index (κ3) is 8.50. The molecule has 0 unspecified atom stereocenters. The van der Waals surface area contributed by atoms with Gasteiger partial charge in [-0.1, -0.05) is 6.07 Å². The molecule has 5 nitrogen and oxygen atoms in total. The molecule has 24 heavy (non-hydrogen) atoms. The van der Waals surface area contributed by atoms with Crippen molar-refractivity contribution in [2.24, 2.45) is 0 Å². The van der Waals surface area contributed by atoms with Crippen molar-refractivity contribution in [3.8, 4) is 0 Å². The van der Waals surface area contributed by atoms with Crippen LogP contribution < -0.4 is 10.6 Å². The van der Waals surface area contributed by atoms with E-state index in [1.54, 1.807) is 0 Å². The zero-order valence-electron chi connectivity index (χ0n) is 13.8. The molecule has 2 saturated heterocycles. The minimum absolute atomic E-state index is 0. The number of nitrogens with one attached hydrogen (secondary N) is 2. The zero-order valence-corrected chi connectivity index (χ0v) is 17.0. The summed E-state index contributed by atoms with van der Waals surface area (Å²) in [4.78, 5) is 9.80. The molecule has 0 bridgehead atoms. The summed E-state index contributed by atoms with van der Waals surface area (Å²) in [6.07, 6.45) is 0. The maximum absolute atomic E-state index is 4.84. The molecule has 0 spiro atoms. The highest BCUT2D eigenvalue weighted by Crippen LogP contribution is 2.07. The van der Waals surface area contributed by atoms with Crippen molar-refractivity contribution in [3.05, 3.63) is 29.6 Å². The molecule has 1 aromatic heterocycles. The van der Waals surface area contributed by atoms with Gasteiger partial charge in [-0.2, -0.15) is 0 Å². The van der Waals surface area contributed by atoms with E-state index in [0.717, 1.165) is 65.4 Å². The summed E-state index contributed by atoms with van der Waals surface area (Å²) in [6, 6.07) is 6.47. The van der Waals surface area contributed by atoms with Crippen molar-refractivity contribution in [3.63, 3.8) is 0 Å². The van der Waals surface area contributed by atoms with Crippen molar-refractivity contribution in [2.45, 2.75) is 13.1 Å². The Labute approximate surface area is 170 Å². The Bertz CT molecular complexity index is 391. The van der Waals surface area contributed by atoms with Crippen molar-refractivity contribution < 1.29 is 0 Å². The van der Waals surface area contributed by atoms with Gasteiger partial charge in [-0.15, -0.1) is 49.6 Å². The number of nitrogens with zero attached hydrogens (tertiary/aromatic N) is 3. The quantitative estimate of drug-likeness (QED) is 0.773. The number of hydrogen-bond acceptors (Lipinski definition) is 5. The Hall–Kier alpha value is 0.150. The van der Waals surface area contributed by atoms with Crippen LogP contribution in [0.2, 0.25) is 0 Å². The van der Waals surface area contributed by atoms with Crippen LogP contribution in [0.25, 0.3) is 0 Å². The number of rotatable bonds is 4. The standard InChI is InChI=1S/C15H25N5.4ClH/c1-2-14(12-19-8-4-16-5-9-19)18-15(3-1)13-20-10-6-17-7-11-20;;;;/h1-3,16-17H,4-13H2;4*1H. The third-order valence-electron chi connectivity index (χ3n) is 4.05. The van der Waals surface area contributed by atoms with E-state index >= 15 is 0 Å². The van der Waals surface area contributed by atoms with Crippen LogP contribution in [-0.2, 0) is 13.1 Å². The van der Waals surface area contributed by atoms with Crippen LogP contribution >= 0.6 is 49.6 Å². The van der Waals surface area contributed by atoms with E-state index in [1.807, 2.05) is 0 Å². The molecule has 2 N–H and O–H groups in total. The molecule has 0 amide bonds. The van der Waals surface area contributed by atoms with Crippen LogP contribution in [0.5, 0.6) is 0 Å². The lowest BCUT2D eigenvalue weighted by Crippen LogP contribution is -2.43. The number of pyridine rings is 1. The minimum atomic E-state index is 0. The van der Waals surface area contributed by atoms with E-state index in [4.69, 9.17) is 4.98 Å². The maximum atomic E-state index is 4.84. The van der Waals surface area contributed by atoms with E-state index in [0.29, 0.717) is 0 Å². The van der Waals surface area contributed by atoms with Gasteiger partial charge in [0.05, 0.1) is 11.4 Å². The summed E-state index contributed by atoms with van der Waals surface area (Å²) in [5.74, 6) is 0. The molecule has 3 rings (SSSR count). The Balaban J connectivity index is 0. The predicted octanol–water partition coefficient (Wildman–Crippen LogP) is 1.58. The molecular formula is C15H29Cl4N5. The predicted molar refractivity (Wildman–Crippen MR) is 110 cm³/mol. The molecule has 2 aliphatic heterocycles. The topological polar surface area (TPSA) is 43.4 Å². The summed E-state index contributed by atoms with van der Waals surface area (Å²) < 4.78 is 0. The largest absolute Gasteiger partial charge is 0.314 e. The van der Waals surface area contributed by atoms with Gasteiger partial charge in [-0.25, -0.2) is 0 Å². The Morgan fingerprint density at radius 1 is 0.708 bits per heavy atom. The first-order valence-corrected chi connectivity index (χ1v) is 7.71. The van der Waals surface area contributed by atoms with E-state index < -0.39 is 0 Å². The number of hydrogen-bond donors (Lipinski definition) is 2. The van der Waals surface area contributed by atoms with Crippen LogP contribution in [0.3, 0.4) is 0 Å². The van der Waals surface area contributed by atoms with Gasteiger partial charge in [-0.3, -0.25) is 14.8 Å². The first-order chi connectivity index (χ1) is 9.90. The third-order valence-corrected chi connectivity index (χ3v) is 4.05. The molecule has 0 aromatic carbocycles. The van der Waals surface area contributed by atoms with E-state index in [2.05, 4.69) is 38.6 Å². The lowest BCUT2D eigenvalue weighted by molar-refractivity contribution is 0.225. The van der Waals surface area contributed by atoms with Gasteiger partial charge in [0.15, 0.2) is 0 Å². The summed E-state index contributed by atoms with van der Waals surface area (Å²) >= 11 is 0. The second kappa shape index (κ2) is 14.3. The molecule has 1 aromatic rings. The fraction of sp³-hybridized carbons (Fsp3) is 0.667. The van der Waals surface area contributed by atoms with Crippen LogP contribution in [-0.4, -0.2) is 67.1 Å². The number of aromatic nitrogens is 1. The highest BCUT2D eigenvalue weighted by atomic mass is 35.5. The van der Waals surface area contributed by atoms with Gasteiger partial charge in [0.25, 0.3) is 0 Å². The normalized spacial score (nSPS) is 18.3. The maximum Gasteiger partial charge on any atom is 0.0547 e. The van der Waals surface area contributed by atoms with Gasteiger partial charge >= 0.3 is 0 Å². The molecular weight excluding hydrogens is 392 g/mol. The lowest BCUT2D eigenvalue weighted by Gasteiger charge is -2.28. The summed E-state index contributed by atoms with van der Waals surface area (Å²) in [5.41, 5.74) is 2.42. The van der Waals surface area contributed by atoms with Crippen molar-refractivity contribution in [1.82, 2.24) is 25.4 Å². The van der Waals surface area contributed by atoms with Crippen molar-refractivity contribution in [2.75, 3.05) is 52.4 Å². The van der Waals surface area contributed by atoms with E-state index in [9.17, 15) is 0 Å². The Morgan fingerprint density at radius 3 is 1.46 bits per heavy atom. The molecule has 9 heteroatoms. The molecule has 0 saturated carbocycles. The summed E-state index contributed by atoms with van der Waals surface area (Å²) in [5, 5.41) is 6.78. The van der Waals surface area contributed by atoms with Gasteiger partial charge in [-0.05, 0) is 12.1 Å². The SMILES string of the molecule is Cl.Cl.Cl.Cl.c1cc(CN2CCNCC2)nc(CN2CCNCC2)c1. The molecule has 142 valence electrons. The highest BCUT2D eigenvalue weighted by molar-refractivity contribution is 5.86. The molecule has 0 radical (unpaired) electrons. The molecule has 0 aliphatic carbocycles. The lowest BCUT2D eigenvalue weighted by atomic mass is 10.2. The van der Waals surface area contributed by atoms with E-state index in [-0.39, 0.29) is 49.6 Å². The minimum Gasteiger partial charge on any atom is -0.314 e. The van der Waals surface area contributed by atoms with Gasteiger partial charge in [0.2, 0.25) is 0 Å². The summed E-state index contributed by atoms with van der Waals surface area (Å²) in [7, 11) is 0. The van der Waals surface area contributed by atoms with Gasteiger partial charge in [0.1, 0.15) is 0 Å². The Morgan fingerprint density at radius 2 is 1.08 bits per heavy atom. The second-order valence-electron chi connectivity index (χ2n) is 5.67. The molecule has 0 atom stereocenters. The average Bonchev–Trinajstić information content (AvgIpc) is 2.50. The molecule has 2 aliphatic rings. The molecule has 3 heterocycles. The molecule has 2 fully saturated rings. The van der Waals surface area contributed by atoms with Gasteiger partial charge in [0, 0.05) is 65.4 Å². The first kappa shape index (κ1) is 26.4. The van der Waals surface area contributed by atoms with Crippen LogP contribution in [0.4, 0.5) is 0 Å². The highest BCUT2D eigenvalue weighted by Gasteiger charge is 2.13. The first-order valence-electron chi connectivity index (χ1n) is 7.71. The zero-order chi connectivity index (χ0) is 13.6. The second-order valence-corrected chi connectivity index (χ2v) is 5.67.